The Balaban J connectivity index is 2.33. The molecule has 5 heteroatoms. The molecule has 0 fully saturated rings. The molecule has 0 aliphatic carbocycles. The van der Waals surface area contributed by atoms with E-state index in [-0.39, 0.29) is 0 Å². The molecule has 0 spiro atoms. The number of aryl methyl sites for hydroxylation is 1. The second kappa shape index (κ2) is 6.90. The highest BCUT2D eigenvalue weighted by Gasteiger charge is 2.09. The topological polar surface area (TPSA) is 60.2 Å². The van der Waals surface area contributed by atoms with E-state index in [9.17, 15) is 0 Å². The summed E-state index contributed by atoms with van der Waals surface area (Å²) in [4.78, 5) is 4.42. The van der Waals surface area contributed by atoms with E-state index in [4.69, 9.17) is 10.6 Å². The van der Waals surface area contributed by atoms with Crippen molar-refractivity contribution in [1.29, 1.82) is 0 Å². The van der Waals surface area contributed by atoms with Crippen LogP contribution in [0.4, 0.5) is 0 Å². The lowest BCUT2D eigenvalue weighted by molar-refractivity contribution is 0.188. The molecule has 86 valence electrons. The summed E-state index contributed by atoms with van der Waals surface area (Å²) in [5.41, 5.74) is 3.95. The molecule has 0 aliphatic rings. The van der Waals surface area contributed by atoms with Crippen LogP contribution in [-0.2, 0) is 11.2 Å². The van der Waals surface area contributed by atoms with Crippen LogP contribution in [-0.4, -0.2) is 24.7 Å². The zero-order chi connectivity index (χ0) is 11.1. The molecule has 1 rings (SSSR count). The molecule has 1 heterocycles. The van der Waals surface area contributed by atoms with Crippen LogP contribution >= 0.6 is 11.3 Å². The summed E-state index contributed by atoms with van der Waals surface area (Å²) in [6.45, 7) is 2.80. The molecule has 0 aliphatic heterocycles. The van der Waals surface area contributed by atoms with Crippen LogP contribution in [0.3, 0.4) is 0 Å². The number of rotatable bonds is 7. The first-order chi connectivity index (χ1) is 7.26. The van der Waals surface area contributed by atoms with Gasteiger partial charge >= 0.3 is 0 Å². The van der Waals surface area contributed by atoms with Crippen LogP contribution in [0.5, 0.6) is 0 Å². The Bertz CT molecular complexity index is 277. The molecule has 4 nitrogen and oxygen atoms in total. The first-order valence-electron chi connectivity index (χ1n) is 5.12. The lowest BCUT2D eigenvalue weighted by atomic mass is 10.1. The van der Waals surface area contributed by atoms with E-state index in [0.29, 0.717) is 6.04 Å². The first kappa shape index (κ1) is 12.6. The molecule has 1 aromatic rings. The maximum atomic E-state index is 5.49. The Labute approximate surface area is 94.8 Å². The second-order valence-electron chi connectivity index (χ2n) is 3.56. The molecule has 0 bridgehead atoms. The van der Waals surface area contributed by atoms with Crippen LogP contribution in [0.25, 0.3) is 0 Å². The summed E-state index contributed by atoms with van der Waals surface area (Å²) in [7, 11) is 1.72. The third-order valence-electron chi connectivity index (χ3n) is 2.26. The van der Waals surface area contributed by atoms with E-state index in [1.807, 2.05) is 6.92 Å². The molecule has 0 amide bonds. The van der Waals surface area contributed by atoms with Gasteiger partial charge in [0.1, 0.15) is 0 Å². The molecule has 1 unspecified atom stereocenters. The Morgan fingerprint density at radius 3 is 3.00 bits per heavy atom. The van der Waals surface area contributed by atoms with Crippen molar-refractivity contribution in [2.45, 2.75) is 32.2 Å². The van der Waals surface area contributed by atoms with Gasteiger partial charge in [-0.25, -0.2) is 4.98 Å². The van der Waals surface area contributed by atoms with E-state index in [0.717, 1.165) is 36.6 Å². The Hall–Kier alpha value is -0.490. The number of hydrogen-bond donors (Lipinski definition) is 2. The van der Waals surface area contributed by atoms with Gasteiger partial charge in [-0.15, -0.1) is 11.3 Å². The average molecular weight is 229 g/mol. The van der Waals surface area contributed by atoms with Gasteiger partial charge in [0.15, 0.2) is 0 Å². The second-order valence-corrected chi connectivity index (χ2v) is 4.62. The number of nitrogens with zero attached hydrogens (tertiary/aromatic N) is 1. The predicted molar refractivity (Wildman–Crippen MR) is 62.8 cm³/mol. The third kappa shape index (κ3) is 4.70. The zero-order valence-corrected chi connectivity index (χ0v) is 10.1. The van der Waals surface area contributed by atoms with Crippen LogP contribution in [0.15, 0.2) is 5.38 Å². The Kier molecular flexibility index (Phi) is 5.78. The van der Waals surface area contributed by atoms with E-state index < -0.39 is 0 Å². The number of methoxy groups -OCH3 is 1. The van der Waals surface area contributed by atoms with Crippen molar-refractivity contribution < 1.29 is 4.74 Å². The van der Waals surface area contributed by atoms with Gasteiger partial charge in [-0.2, -0.15) is 0 Å². The monoisotopic (exact) mass is 229 g/mol. The molecule has 0 saturated carbocycles. The molecule has 3 N–H and O–H groups in total. The maximum Gasteiger partial charge on any atom is 0.0897 e. The molecule has 1 atom stereocenters. The van der Waals surface area contributed by atoms with Gasteiger partial charge in [-0.05, 0) is 19.8 Å². The zero-order valence-electron chi connectivity index (χ0n) is 9.32. The van der Waals surface area contributed by atoms with Crippen LogP contribution in [0, 0.1) is 6.92 Å². The van der Waals surface area contributed by atoms with Crippen LogP contribution in [0.1, 0.15) is 23.5 Å². The third-order valence-corrected chi connectivity index (χ3v) is 3.08. The standard InChI is InChI=1S/C10H19N3OS/c1-8-12-10(7-15-8)6-9(13-11)4-3-5-14-2/h7,9,13H,3-6,11H2,1-2H3. The van der Waals surface area contributed by atoms with Crippen molar-refractivity contribution in [1.82, 2.24) is 10.4 Å². The molecule has 1 aromatic heterocycles. The molecule has 0 radical (unpaired) electrons. The lowest BCUT2D eigenvalue weighted by Gasteiger charge is -2.13. The highest BCUT2D eigenvalue weighted by atomic mass is 32.1. The van der Waals surface area contributed by atoms with E-state index >= 15 is 0 Å². The minimum Gasteiger partial charge on any atom is -0.385 e. The number of thiazole rings is 1. The summed E-state index contributed by atoms with van der Waals surface area (Å²) in [6, 6.07) is 0.293. The predicted octanol–water partition coefficient (Wildman–Crippen LogP) is 1.25. The number of hydrogen-bond acceptors (Lipinski definition) is 5. The van der Waals surface area contributed by atoms with Gasteiger partial charge in [-0.1, -0.05) is 0 Å². The fraction of sp³-hybridized carbons (Fsp3) is 0.700. The molecular weight excluding hydrogens is 210 g/mol. The summed E-state index contributed by atoms with van der Waals surface area (Å²) in [5.74, 6) is 5.49. The number of nitrogens with one attached hydrogen (secondary N) is 1. The van der Waals surface area contributed by atoms with Crippen LogP contribution < -0.4 is 11.3 Å². The van der Waals surface area contributed by atoms with Gasteiger partial charge in [0.25, 0.3) is 0 Å². The summed E-state index contributed by atoms with van der Waals surface area (Å²) in [5, 5.41) is 3.20. The van der Waals surface area contributed by atoms with Gasteiger partial charge in [0.05, 0.1) is 10.7 Å². The minimum atomic E-state index is 0.293. The summed E-state index contributed by atoms with van der Waals surface area (Å²) < 4.78 is 5.01. The van der Waals surface area contributed by atoms with E-state index in [1.54, 1.807) is 18.4 Å². The minimum absolute atomic E-state index is 0.293. The van der Waals surface area contributed by atoms with Crippen molar-refractivity contribution in [3.8, 4) is 0 Å². The number of hydrazine groups is 1. The summed E-state index contributed by atoms with van der Waals surface area (Å²) >= 11 is 1.68. The van der Waals surface area contributed by atoms with Crippen molar-refractivity contribution >= 4 is 11.3 Å². The Morgan fingerprint density at radius 1 is 1.67 bits per heavy atom. The van der Waals surface area contributed by atoms with Gasteiger partial charge in [0, 0.05) is 31.6 Å². The maximum absolute atomic E-state index is 5.49. The highest BCUT2D eigenvalue weighted by molar-refractivity contribution is 7.09. The van der Waals surface area contributed by atoms with Gasteiger partial charge in [0.2, 0.25) is 0 Å². The highest BCUT2D eigenvalue weighted by Crippen LogP contribution is 2.11. The van der Waals surface area contributed by atoms with Gasteiger partial charge in [-0.3, -0.25) is 11.3 Å². The van der Waals surface area contributed by atoms with Crippen molar-refractivity contribution in [3.05, 3.63) is 16.1 Å². The summed E-state index contributed by atoms with van der Waals surface area (Å²) in [6.07, 6.45) is 2.93. The molecule has 15 heavy (non-hydrogen) atoms. The lowest BCUT2D eigenvalue weighted by Crippen LogP contribution is -2.37. The first-order valence-corrected chi connectivity index (χ1v) is 6.00. The van der Waals surface area contributed by atoms with E-state index in [1.165, 1.54) is 0 Å². The van der Waals surface area contributed by atoms with Gasteiger partial charge < -0.3 is 4.74 Å². The number of ether oxygens (including phenoxy) is 1. The number of aromatic nitrogens is 1. The van der Waals surface area contributed by atoms with Crippen molar-refractivity contribution in [2.24, 2.45) is 5.84 Å². The van der Waals surface area contributed by atoms with E-state index in [2.05, 4.69) is 15.8 Å². The normalized spacial score (nSPS) is 13.0. The molecule has 0 saturated heterocycles. The molecule has 0 aromatic carbocycles. The largest absolute Gasteiger partial charge is 0.385 e. The quantitative estimate of drug-likeness (QED) is 0.420. The fourth-order valence-electron chi connectivity index (χ4n) is 1.47. The SMILES string of the molecule is COCCCC(Cc1csc(C)n1)NN. The fourth-order valence-corrected chi connectivity index (χ4v) is 2.10. The average Bonchev–Trinajstić information content (AvgIpc) is 2.63. The van der Waals surface area contributed by atoms with Crippen LogP contribution in [0.2, 0.25) is 0 Å². The van der Waals surface area contributed by atoms with Crippen molar-refractivity contribution in [3.63, 3.8) is 0 Å². The smallest absolute Gasteiger partial charge is 0.0897 e. The number of nitrogens with two attached hydrogens (primary N) is 1. The molecular formula is C10H19N3OS. The Morgan fingerprint density at radius 2 is 2.47 bits per heavy atom. The van der Waals surface area contributed by atoms with Crippen molar-refractivity contribution in [2.75, 3.05) is 13.7 Å².